The Morgan fingerprint density at radius 1 is 1.22 bits per heavy atom. The highest BCUT2D eigenvalue weighted by Gasteiger charge is 2.30. The lowest BCUT2D eigenvalue weighted by Gasteiger charge is -2.33. The zero-order valence-corrected chi connectivity index (χ0v) is 12.1. The van der Waals surface area contributed by atoms with Gasteiger partial charge in [-0.2, -0.15) is 0 Å². The van der Waals surface area contributed by atoms with Crippen molar-refractivity contribution >= 4 is 22.0 Å². The first-order valence-electron chi connectivity index (χ1n) is 6.51. The molecule has 2 rings (SSSR count). The lowest BCUT2D eigenvalue weighted by Crippen LogP contribution is -2.39. The number of hydrogen-bond acceptors (Lipinski definition) is 2. The van der Waals surface area contributed by atoms with E-state index in [1.165, 1.54) is 5.56 Å². The van der Waals surface area contributed by atoms with E-state index in [1.54, 1.807) is 0 Å². The van der Waals surface area contributed by atoms with Crippen LogP contribution < -0.4 is 5.32 Å². The van der Waals surface area contributed by atoms with E-state index in [0.29, 0.717) is 0 Å². The summed E-state index contributed by atoms with van der Waals surface area (Å²) in [4.78, 5) is 0. The molecule has 0 aromatic heterocycles. The topological polar surface area (TPSA) is 32.3 Å². The number of benzene rings is 1. The van der Waals surface area contributed by atoms with Crippen molar-refractivity contribution in [2.45, 2.75) is 24.9 Å². The van der Waals surface area contributed by atoms with Gasteiger partial charge in [0.15, 0.2) is 0 Å². The number of hydrogen-bond donors (Lipinski definition) is 2. The second-order valence-corrected chi connectivity index (χ2v) is 5.58. The van der Waals surface area contributed by atoms with Crippen LogP contribution in [0.15, 0.2) is 30.3 Å². The van der Waals surface area contributed by atoms with Crippen LogP contribution in [0, 0.1) is 0 Å². The van der Waals surface area contributed by atoms with Crippen molar-refractivity contribution in [2.24, 2.45) is 0 Å². The maximum atomic E-state index is 10.6. The Morgan fingerprint density at radius 3 is 2.50 bits per heavy atom. The van der Waals surface area contributed by atoms with E-state index in [9.17, 15) is 5.11 Å². The summed E-state index contributed by atoms with van der Waals surface area (Å²) >= 11 is 3.40. The highest BCUT2D eigenvalue weighted by atomic mass is 79.9. The molecule has 0 atom stereocenters. The number of allylic oxidation sites excluding steroid dienone is 1. The van der Waals surface area contributed by atoms with Crippen LogP contribution in [0.25, 0.3) is 6.08 Å². The van der Waals surface area contributed by atoms with Crippen LogP contribution >= 0.6 is 15.9 Å². The number of nitrogens with one attached hydrogen (secondary N) is 1. The summed E-state index contributed by atoms with van der Waals surface area (Å²) in [7, 11) is 0. The monoisotopic (exact) mass is 309 g/mol. The maximum absolute atomic E-state index is 10.6. The molecule has 0 saturated carbocycles. The number of rotatable bonds is 4. The Labute approximate surface area is 117 Å². The molecule has 2 N–H and O–H groups in total. The molecule has 0 bridgehead atoms. The van der Waals surface area contributed by atoms with E-state index in [1.807, 2.05) is 0 Å². The van der Waals surface area contributed by atoms with Crippen molar-refractivity contribution < 1.29 is 5.11 Å². The van der Waals surface area contributed by atoms with E-state index >= 15 is 0 Å². The summed E-state index contributed by atoms with van der Waals surface area (Å²) < 4.78 is 0. The fraction of sp³-hybridized carbons (Fsp3) is 0.467. The lowest BCUT2D eigenvalue weighted by atomic mass is 9.85. The quantitative estimate of drug-likeness (QED) is 0.838. The van der Waals surface area contributed by atoms with Gasteiger partial charge in [0.05, 0.1) is 5.60 Å². The van der Waals surface area contributed by atoms with Crippen LogP contribution in [-0.2, 0) is 5.60 Å². The minimum absolute atomic E-state index is 0.636. The van der Waals surface area contributed by atoms with Crippen LogP contribution in [0.1, 0.15) is 30.4 Å². The van der Waals surface area contributed by atoms with E-state index in [4.69, 9.17) is 0 Å². The molecule has 1 aliphatic heterocycles. The molecule has 3 heteroatoms. The van der Waals surface area contributed by atoms with Gasteiger partial charge in [0.25, 0.3) is 0 Å². The van der Waals surface area contributed by atoms with Crippen LogP contribution in [-0.4, -0.2) is 23.5 Å². The summed E-state index contributed by atoms with van der Waals surface area (Å²) in [6, 6.07) is 8.28. The zero-order chi connectivity index (χ0) is 12.8. The summed E-state index contributed by atoms with van der Waals surface area (Å²) in [5, 5.41) is 14.9. The van der Waals surface area contributed by atoms with E-state index in [0.717, 1.165) is 43.2 Å². The van der Waals surface area contributed by atoms with E-state index in [-0.39, 0.29) is 0 Å². The van der Waals surface area contributed by atoms with Crippen LogP contribution in [0.3, 0.4) is 0 Å². The van der Waals surface area contributed by atoms with Gasteiger partial charge in [-0.25, -0.2) is 0 Å². The van der Waals surface area contributed by atoms with Crippen molar-refractivity contribution in [1.29, 1.82) is 0 Å². The average molecular weight is 310 g/mol. The molecule has 0 aliphatic carbocycles. The second kappa shape index (κ2) is 6.50. The highest BCUT2D eigenvalue weighted by molar-refractivity contribution is 9.09. The SMILES string of the molecule is OC1(c2ccc(C=CCCBr)cc2)CCNCC1. The van der Waals surface area contributed by atoms with Gasteiger partial charge >= 0.3 is 0 Å². The predicted molar refractivity (Wildman–Crippen MR) is 79.9 cm³/mol. The molecular weight excluding hydrogens is 290 g/mol. The van der Waals surface area contributed by atoms with Crippen molar-refractivity contribution in [3.63, 3.8) is 0 Å². The summed E-state index contributed by atoms with van der Waals surface area (Å²) in [5.41, 5.74) is 1.60. The first-order chi connectivity index (χ1) is 8.74. The Hall–Kier alpha value is -0.640. The van der Waals surface area contributed by atoms with Crippen molar-refractivity contribution in [2.75, 3.05) is 18.4 Å². The maximum Gasteiger partial charge on any atom is 0.0920 e. The fourth-order valence-corrected chi connectivity index (χ4v) is 2.58. The number of alkyl halides is 1. The zero-order valence-electron chi connectivity index (χ0n) is 10.5. The van der Waals surface area contributed by atoms with Gasteiger partial charge in [-0.15, -0.1) is 0 Å². The third kappa shape index (κ3) is 3.44. The van der Waals surface area contributed by atoms with E-state index < -0.39 is 5.60 Å². The Bertz CT molecular complexity index is 393. The minimum atomic E-state index is -0.636. The molecule has 1 heterocycles. The molecule has 2 nitrogen and oxygen atoms in total. The minimum Gasteiger partial charge on any atom is -0.385 e. The van der Waals surface area contributed by atoms with Gasteiger partial charge in [-0.1, -0.05) is 52.3 Å². The molecule has 1 aromatic carbocycles. The summed E-state index contributed by atoms with van der Waals surface area (Å²) in [6.07, 6.45) is 6.91. The van der Waals surface area contributed by atoms with Crippen LogP contribution in [0.4, 0.5) is 0 Å². The molecule has 98 valence electrons. The summed E-state index contributed by atoms with van der Waals surface area (Å²) in [5.74, 6) is 0. The van der Waals surface area contributed by atoms with Crippen molar-refractivity contribution in [3.8, 4) is 0 Å². The van der Waals surface area contributed by atoms with Crippen LogP contribution in [0.2, 0.25) is 0 Å². The smallest absolute Gasteiger partial charge is 0.0920 e. The third-order valence-corrected chi connectivity index (χ3v) is 3.92. The molecular formula is C15H20BrNO. The Morgan fingerprint density at radius 2 is 1.89 bits per heavy atom. The molecule has 1 fully saturated rings. The first-order valence-corrected chi connectivity index (χ1v) is 7.63. The molecule has 1 saturated heterocycles. The number of halogens is 1. The van der Waals surface area contributed by atoms with Crippen LogP contribution in [0.5, 0.6) is 0 Å². The third-order valence-electron chi connectivity index (χ3n) is 3.46. The van der Waals surface area contributed by atoms with Gasteiger partial charge < -0.3 is 10.4 Å². The Balaban J connectivity index is 2.07. The fourth-order valence-electron chi connectivity index (χ4n) is 2.32. The standard InChI is InChI=1S/C15H20BrNO/c16-10-2-1-3-13-4-6-14(7-5-13)15(18)8-11-17-12-9-15/h1,3-7,17-18H,2,8-12H2. The van der Waals surface area contributed by atoms with Crippen molar-refractivity contribution in [3.05, 3.63) is 41.5 Å². The van der Waals surface area contributed by atoms with Gasteiger partial charge in [0.1, 0.15) is 0 Å². The predicted octanol–water partition coefficient (Wildman–Crippen LogP) is 3.06. The largest absolute Gasteiger partial charge is 0.385 e. The lowest BCUT2D eigenvalue weighted by molar-refractivity contribution is 0.00594. The molecule has 0 radical (unpaired) electrons. The molecule has 1 aliphatic rings. The van der Waals surface area contributed by atoms with Crippen molar-refractivity contribution in [1.82, 2.24) is 5.32 Å². The second-order valence-electron chi connectivity index (χ2n) is 4.78. The van der Waals surface area contributed by atoms with Gasteiger partial charge in [-0.3, -0.25) is 0 Å². The molecule has 0 amide bonds. The van der Waals surface area contributed by atoms with Gasteiger partial charge in [0.2, 0.25) is 0 Å². The Kier molecular flexibility index (Phi) is 4.98. The molecule has 0 unspecified atom stereocenters. The number of piperidine rings is 1. The molecule has 1 aromatic rings. The number of aliphatic hydroxyl groups is 1. The summed E-state index contributed by atoms with van der Waals surface area (Å²) in [6.45, 7) is 1.78. The highest BCUT2D eigenvalue weighted by Crippen LogP contribution is 2.30. The average Bonchev–Trinajstić information content (AvgIpc) is 2.41. The van der Waals surface area contributed by atoms with Gasteiger partial charge in [0, 0.05) is 5.33 Å². The molecule has 18 heavy (non-hydrogen) atoms. The normalized spacial score (nSPS) is 19.2. The first kappa shape index (κ1) is 13.8. The molecule has 0 spiro atoms. The van der Waals surface area contributed by atoms with E-state index in [2.05, 4.69) is 57.7 Å². The van der Waals surface area contributed by atoms with Gasteiger partial charge in [-0.05, 0) is 43.5 Å².